The molecule has 2 aromatic rings. The first-order valence-corrected chi connectivity index (χ1v) is 8.69. The van der Waals surface area contributed by atoms with Crippen molar-refractivity contribution in [3.05, 3.63) is 54.1 Å². The molecule has 4 heteroatoms. The van der Waals surface area contributed by atoms with Gasteiger partial charge in [-0.2, -0.15) is 0 Å². The number of hydrogen-bond donors (Lipinski definition) is 1. The van der Waals surface area contributed by atoms with Gasteiger partial charge in [0.25, 0.3) is 5.91 Å². The number of carbonyl (C=O) groups is 1. The first-order chi connectivity index (χ1) is 12.0. The average molecular weight is 339 g/mol. The van der Waals surface area contributed by atoms with E-state index < -0.39 is 0 Å². The van der Waals surface area contributed by atoms with E-state index in [1.54, 1.807) is 7.11 Å². The van der Waals surface area contributed by atoms with Crippen LogP contribution < -0.4 is 4.74 Å². The van der Waals surface area contributed by atoms with E-state index >= 15 is 0 Å². The number of amides is 1. The summed E-state index contributed by atoms with van der Waals surface area (Å²) in [7, 11) is 1.65. The van der Waals surface area contributed by atoms with E-state index in [1.165, 1.54) is 0 Å². The van der Waals surface area contributed by atoms with Crippen LogP contribution in [-0.4, -0.2) is 42.7 Å². The van der Waals surface area contributed by atoms with Crippen molar-refractivity contribution in [2.24, 2.45) is 5.41 Å². The average Bonchev–Trinajstić information content (AvgIpc) is 2.67. The zero-order valence-electron chi connectivity index (χ0n) is 14.9. The highest BCUT2D eigenvalue weighted by molar-refractivity contribution is 5.95. The lowest BCUT2D eigenvalue weighted by molar-refractivity contribution is 0.0358. The van der Waals surface area contributed by atoms with Gasteiger partial charge in [0.15, 0.2) is 0 Å². The third-order valence-corrected chi connectivity index (χ3v) is 4.98. The number of likely N-dealkylation sites (tertiary alicyclic amines) is 1. The number of methoxy groups -OCH3 is 1. The number of ether oxygens (including phenoxy) is 1. The Balaban J connectivity index is 1.81. The highest BCUT2D eigenvalue weighted by Crippen LogP contribution is 2.30. The summed E-state index contributed by atoms with van der Waals surface area (Å²) >= 11 is 0. The van der Waals surface area contributed by atoms with Gasteiger partial charge in [-0.25, -0.2) is 0 Å². The molecule has 1 aliphatic heterocycles. The molecule has 1 aliphatic rings. The normalized spacial score (nSPS) is 20.4. The summed E-state index contributed by atoms with van der Waals surface area (Å²) in [5.41, 5.74) is 2.56. The largest absolute Gasteiger partial charge is 0.497 e. The van der Waals surface area contributed by atoms with Gasteiger partial charge in [-0.1, -0.05) is 31.2 Å². The third-order valence-electron chi connectivity index (χ3n) is 4.98. The zero-order chi connectivity index (χ0) is 17.9. The molecule has 1 heterocycles. The van der Waals surface area contributed by atoms with Gasteiger partial charge >= 0.3 is 0 Å². The van der Waals surface area contributed by atoms with E-state index in [1.807, 2.05) is 60.4 Å². The van der Waals surface area contributed by atoms with Crippen molar-refractivity contribution in [3.8, 4) is 16.9 Å². The zero-order valence-corrected chi connectivity index (χ0v) is 14.9. The molecule has 0 radical (unpaired) electrons. The van der Waals surface area contributed by atoms with Crippen LogP contribution in [0.25, 0.3) is 11.1 Å². The summed E-state index contributed by atoms with van der Waals surface area (Å²) in [6, 6.07) is 15.5. The Morgan fingerprint density at radius 3 is 2.64 bits per heavy atom. The van der Waals surface area contributed by atoms with Crippen LogP contribution in [0.4, 0.5) is 0 Å². The molecule has 0 unspecified atom stereocenters. The molecular weight excluding hydrogens is 314 g/mol. The van der Waals surface area contributed by atoms with Gasteiger partial charge in [-0.3, -0.25) is 4.79 Å². The first-order valence-electron chi connectivity index (χ1n) is 8.69. The molecule has 0 spiro atoms. The lowest BCUT2D eigenvalue weighted by Crippen LogP contribution is -2.46. The van der Waals surface area contributed by atoms with Gasteiger partial charge < -0.3 is 14.7 Å². The van der Waals surface area contributed by atoms with Crippen LogP contribution in [0.3, 0.4) is 0 Å². The predicted octanol–water partition coefficient (Wildman–Crippen LogP) is 3.60. The third kappa shape index (κ3) is 3.85. The maximum atomic E-state index is 12.9. The predicted molar refractivity (Wildman–Crippen MR) is 98.8 cm³/mol. The molecule has 25 heavy (non-hydrogen) atoms. The van der Waals surface area contributed by atoms with E-state index in [0.717, 1.165) is 36.3 Å². The lowest BCUT2D eigenvalue weighted by Gasteiger charge is -2.39. The Morgan fingerprint density at radius 2 is 1.96 bits per heavy atom. The Bertz CT molecular complexity index is 741. The number of hydrogen-bond acceptors (Lipinski definition) is 3. The minimum atomic E-state index is -0.193. The molecule has 4 nitrogen and oxygen atoms in total. The maximum absolute atomic E-state index is 12.9. The highest BCUT2D eigenvalue weighted by Gasteiger charge is 2.32. The molecule has 1 atom stereocenters. The number of nitrogens with zero attached hydrogens (tertiary/aromatic N) is 1. The molecule has 0 bridgehead atoms. The Hall–Kier alpha value is -2.33. The van der Waals surface area contributed by atoms with Gasteiger partial charge in [0, 0.05) is 24.1 Å². The van der Waals surface area contributed by atoms with Crippen molar-refractivity contribution >= 4 is 5.91 Å². The highest BCUT2D eigenvalue weighted by atomic mass is 16.5. The first kappa shape index (κ1) is 17.5. The number of rotatable bonds is 4. The molecule has 1 N–H and O–H groups in total. The summed E-state index contributed by atoms with van der Waals surface area (Å²) in [6.45, 7) is 3.51. The maximum Gasteiger partial charge on any atom is 0.253 e. The van der Waals surface area contributed by atoms with Crippen molar-refractivity contribution in [1.82, 2.24) is 4.90 Å². The standard InChI is InChI=1S/C21H25NO3/c1-21(15-23)11-4-12-22(14-21)20(24)18-6-3-5-17(13-18)16-7-9-19(25-2)10-8-16/h3,5-10,13,23H,4,11-12,14-15H2,1-2H3/t21-/m0/s1. The van der Waals surface area contributed by atoms with Crippen molar-refractivity contribution < 1.29 is 14.6 Å². The van der Waals surface area contributed by atoms with Crippen LogP contribution in [0.1, 0.15) is 30.1 Å². The van der Waals surface area contributed by atoms with Crippen LogP contribution in [0.5, 0.6) is 5.75 Å². The molecule has 1 saturated heterocycles. The minimum Gasteiger partial charge on any atom is -0.497 e. The molecule has 0 aliphatic carbocycles. The number of benzene rings is 2. The van der Waals surface area contributed by atoms with Crippen LogP contribution in [0.2, 0.25) is 0 Å². The van der Waals surface area contributed by atoms with Gasteiger partial charge in [-0.05, 0) is 48.2 Å². The fourth-order valence-corrected chi connectivity index (χ4v) is 3.42. The van der Waals surface area contributed by atoms with Gasteiger partial charge in [0.2, 0.25) is 0 Å². The van der Waals surface area contributed by atoms with Crippen molar-refractivity contribution in [2.75, 3.05) is 26.8 Å². The topological polar surface area (TPSA) is 49.8 Å². The van der Waals surface area contributed by atoms with E-state index in [9.17, 15) is 9.90 Å². The van der Waals surface area contributed by atoms with E-state index in [2.05, 4.69) is 0 Å². The van der Waals surface area contributed by atoms with E-state index in [4.69, 9.17) is 4.74 Å². The van der Waals surface area contributed by atoms with Crippen LogP contribution in [0, 0.1) is 5.41 Å². The number of aliphatic hydroxyl groups excluding tert-OH is 1. The fraction of sp³-hybridized carbons (Fsp3) is 0.381. The van der Waals surface area contributed by atoms with Gasteiger partial charge in [0.05, 0.1) is 13.7 Å². The van der Waals surface area contributed by atoms with Crippen LogP contribution >= 0.6 is 0 Å². The molecule has 2 aromatic carbocycles. The summed E-state index contributed by atoms with van der Waals surface area (Å²) < 4.78 is 5.20. The molecule has 132 valence electrons. The molecule has 0 aromatic heterocycles. The lowest BCUT2D eigenvalue weighted by atomic mass is 9.82. The van der Waals surface area contributed by atoms with Gasteiger partial charge in [-0.15, -0.1) is 0 Å². The quantitative estimate of drug-likeness (QED) is 0.926. The van der Waals surface area contributed by atoms with E-state index in [0.29, 0.717) is 12.1 Å². The van der Waals surface area contributed by atoms with Crippen LogP contribution in [-0.2, 0) is 0 Å². The Labute approximate surface area is 149 Å². The van der Waals surface area contributed by atoms with Crippen molar-refractivity contribution in [2.45, 2.75) is 19.8 Å². The summed E-state index contributed by atoms with van der Waals surface area (Å²) in [6.07, 6.45) is 1.89. The summed E-state index contributed by atoms with van der Waals surface area (Å²) in [4.78, 5) is 14.8. The molecule has 0 saturated carbocycles. The van der Waals surface area contributed by atoms with Gasteiger partial charge in [0.1, 0.15) is 5.75 Å². The number of aliphatic hydroxyl groups is 1. The molecular formula is C21H25NO3. The minimum absolute atomic E-state index is 0.0368. The monoisotopic (exact) mass is 339 g/mol. The Morgan fingerprint density at radius 1 is 1.20 bits per heavy atom. The second kappa shape index (κ2) is 7.28. The van der Waals surface area contributed by atoms with E-state index in [-0.39, 0.29) is 17.9 Å². The Kier molecular flexibility index (Phi) is 5.09. The SMILES string of the molecule is COc1ccc(-c2cccc(C(=O)N3CCC[C@](C)(CO)C3)c2)cc1. The second-order valence-electron chi connectivity index (χ2n) is 7.11. The second-order valence-corrected chi connectivity index (χ2v) is 7.11. The molecule has 1 fully saturated rings. The molecule has 1 amide bonds. The smallest absolute Gasteiger partial charge is 0.253 e. The van der Waals surface area contributed by atoms with Crippen LogP contribution in [0.15, 0.2) is 48.5 Å². The van der Waals surface area contributed by atoms with Crippen molar-refractivity contribution in [3.63, 3.8) is 0 Å². The summed E-state index contributed by atoms with van der Waals surface area (Å²) in [5, 5.41) is 9.61. The summed E-state index contributed by atoms with van der Waals surface area (Å²) in [5.74, 6) is 0.849. The number of piperidine rings is 1. The number of carbonyl (C=O) groups excluding carboxylic acids is 1. The van der Waals surface area contributed by atoms with Crippen molar-refractivity contribution in [1.29, 1.82) is 0 Å². The fourth-order valence-electron chi connectivity index (χ4n) is 3.42. The molecule has 3 rings (SSSR count).